The molecule has 2 heterocycles. The van der Waals surface area contributed by atoms with Crippen molar-refractivity contribution in [1.29, 1.82) is 0 Å². The molecule has 5 aromatic rings. The molecule has 65 heavy (non-hydrogen) atoms. The molecule has 5 aromatic carbocycles. The summed E-state index contributed by atoms with van der Waals surface area (Å²) in [5, 5.41) is 3.71. The molecule has 340 valence electrons. The van der Waals surface area contributed by atoms with Gasteiger partial charge in [0.05, 0.1) is 55.8 Å². The molecule has 8 unspecified atom stereocenters. The van der Waals surface area contributed by atoms with Crippen LogP contribution in [0.4, 0.5) is 0 Å². The average molecular weight is 890 g/mol. The highest BCUT2D eigenvalue weighted by Crippen LogP contribution is 2.30. The van der Waals surface area contributed by atoms with E-state index in [4.69, 9.17) is 37.9 Å². The van der Waals surface area contributed by atoms with Crippen molar-refractivity contribution >= 4 is 23.9 Å². The maximum absolute atomic E-state index is 12.8. The largest absolute Gasteiger partial charge is 0.467 e. The lowest BCUT2D eigenvalue weighted by atomic mass is 9.91. The van der Waals surface area contributed by atoms with E-state index < -0.39 is 48.6 Å². The number of hydrogen-bond acceptors (Lipinski definition) is 13. The van der Waals surface area contributed by atoms with E-state index in [2.05, 4.69) is 10.0 Å². The summed E-state index contributed by atoms with van der Waals surface area (Å²) in [6, 6.07) is 43.6. The molecule has 2 aliphatic rings. The number of benzene rings is 5. The number of carbonyl (C=O) groups excluding carboxylic acids is 4. The minimum Gasteiger partial charge on any atom is -0.467 e. The zero-order chi connectivity index (χ0) is 45.1. The summed E-state index contributed by atoms with van der Waals surface area (Å²) in [6.45, 7) is 2.94. The molecule has 7 rings (SSSR count). The Morgan fingerprint density at radius 3 is 1.65 bits per heavy atom. The molecule has 16 heteroatoms. The smallest absolute Gasteiger partial charge is 0.340 e. The molecule has 2 saturated heterocycles. The first-order chi connectivity index (χ1) is 31.2. The lowest BCUT2D eigenvalue weighted by molar-refractivity contribution is -0.209. The fraction of sp³-hybridized carbons (Fsp3) is 0.306. The van der Waals surface area contributed by atoms with Gasteiger partial charge in [0.1, 0.15) is 24.9 Å². The number of hydrogen-bond donors (Lipinski definition) is 0. The highest BCUT2D eigenvalue weighted by molar-refractivity contribution is 5.90. The average Bonchev–Trinajstić information content (AvgIpc) is 3.34. The third-order valence-electron chi connectivity index (χ3n) is 10.4. The van der Waals surface area contributed by atoms with Gasteiger partial charge in [0.25, 0.3) is 0 Å². The summed E-state index contributed by atoms with van der Waals surface area (Å²) in [7, 11) is 1.37. The van der Waals surface area contributed by atoms with Crippen LogP contribution in [-0.4, -0.2) is 92.5 Å². The zero-order valence-electron chi connectivity index (χ0n) is 35.8. The second kappa shape index (κ2) is 25.4. The summed E-state index contributed by atoms with van der Waals surface area (Å²) in [6.07, 6.45) is -4.38. The van der Waals surface area contributed by atoms with Crippen LogP contribution in [0.25, 0.3) is 10.4 Å². The van der Waals surface area contributed by atoms with Gasteiger partial charge in [0, 0.05) is 17.3 Å². The second-order valence-corrected chi connectivity index (χ2v) is 14.8. The summed E-state index contributed by atoms with van der Waals surface area (Å²) >= 11 is 0. The molecule has 2 fully saturated rings. The Kier molecular flexibility index (Phi) is 19.2. The Bertz CT molecular complexity index is 2220. The zero-order valence-corrected chi connectivity index (χ0v) is 35.8. The molecule has 16 nitrogen and oxygen atoms in total. The minimum absolute atomic E-state index is 0. The van der Waals surface area contributed by atoms with E-state index in [9.17, 15) is 24.7 Å². The van der Waals surface area contributed by atoms with Gasteiger partial charge < -0.3 is 43.4 Å². The first kappa shape index (κ1) is 49.1. The molecule has 0 saturated carbocycles. The Morgan fingerprint density at radius 2 is 1.14 bits per heavy atom. The van der Waals surface area contributed by atoms with Crippen molar-refractivity contribution < 1.29 is 62.5 Å². The van der Waals surface area contributed by atoms with Gasteiger partial charge in [-0.05, 0) is 53.1 Å². The Hall–Kier alpha value is -6.91. The highest BCUT2D eigenvalue weighted by atomic mass is 16.7. The number of rotatable bonds is 15. The van der Waals surface area contributed by atoms with Gasteiger partial charge in [-0.3, -0.25) is 0 Å². The molecule has 0 amide bonds. The lowest BCUT2D eigenvalue weighted by Gasteiger charge is -2.39. The maximum Gasteiger partial charge on any atom is 0.340 e. The van der Waals surface area contributed by atoms with Crippen LogP contribution in [0, 0.1) is 5.92 Å². The predicted octanol–water partition coefficient (Wildman–Crippen LogP) is 7.26. The number of nitrogens with zero attached hydrogens (tertiary/aromatic N) is 3. The van der Waals surface area contributed by atoms with E-state index in [1.807, 2.05) is 67.6 Å². The van der Waals surface area contributed by atoms with Gasteiger partial charge in [-0.2, -0.15) is 0 Å². The molecule has 0 bridgehead atoms. The topological polar surface area (TPSA) is 222 Å². The van der Waals surface area contributed by atoms with Crippen molar-refractivity contribution in [3.8, 4) is 0 Å². The maximum atomic E-state index is 12.8. The van der Waals surface area contributed by atoms with E-state index in [-0.39, 0.29) is 54.8 Å². The molecular weight excluding hydrogens is 839 g/mol. The fourth-order valence-electron chi connectivity index (χ4n) is 7.07. The molecule has 0 radical (unpaired) electrons. The standard InChI is InChI=1S/C27H23N3O7.C22H26O5.H2O/c28-30-29-23-22(36-25(32)19-12-6-2-7-13-19)16-21(17-34-24(31)18-10-4-1-5-11-18)35-27(23)37-26(33)20-14-8-3-9-15-20;1-16-20(26-14-18-11-7-4-8-12-18)19(15-27-21(16)22(23)24-2)25-13-17-9-5-3-6-10-17;/h1-15,21-23,27H,16-17H2;3-12,16,19-21H,13-15H2,1-2H3;1H2. The molecule has 0 aliphatic carbocycles. The first-order valence-corrected chi connectivity index (χ1v) is 20.7. The van der Waals surface area contributed by atoms with Crippen molar-refractivity contribution in [3.63, 3.8) is 0 Å². The molecule has 2 aliphatic heterocycles. The van der Waals surface area contributed by atoms with Crippen LogP contribution >= 0.6 is 0 Å². The monoisotopic (exact) mass is 889 g/mol. The minimum atomic E-state index is -1.40. The van der Waals surface area contributed by atoms with E-state index in [1.165, 1.54) is 7.11 Å². The van der Waals surface area contributed by atoms with Crippen LogP contribution in [0.2, 0.25) is 0 Å². The van der Waals surface area contributed by atoms with Crippen molar-refractivity contribution in [3.05, 3.63) is 190 Å². The van der Waals surface area contributed by atoms with E-state index in [0.29, 0.717) is 24.3 Å². The van der Waals surface area contributed by atoms with Crippen molar-refractivity contribution in [2.45, 2.75) is 69.4 Å². The summed E-state index contributed by atoms with van der Waals surface area (Å²) in [4.78, 5) is 52.8. The SMILES string of the molecule is COC(=O)C1OCC(OCc2ccccc2)C(OCc2ccccc2)C1C.O.[N-]=[N+]=NC1C(OC(=O)c2ccccc2)CC(COC(=O)c2ccccc2)OC1OC(=O)c1ccccc1. The quantitative estimate of drug-likeness (QED) is 0.0333. The van der Waals surface area contributed by atoms with Gasteiger partial charge in [0.15, 0.2) is 6.10 Å². The Balaban J connectivity index is 0.000000252. The van der Waals surface area contributed by atoms with E-state index >= 15 is 0 Å². The number of esters is 4. The Morgan fingerprint density at radius 1 is 0.662 bits per heavy atom. The van der Waals surface area contributed by atoms with Gasteiger partial charge in [-0.1, -0.05) is 127 Å². The van der Waals surface area contributed by atoms with Gasteiger partial charge in [-0.25, -0.2) is 19.2 Å². The van der Waals surface area contributed by atoms with Crippen LogP contribution in [-0.2, 0) is 55.9 Å². The van der Waals surface area contributed by atoms with Crippen LogP contribution in [0.5, 0.6) is 0 Å². The third kappa shape index (κ3) is 14.3. The number of ether oxygens (including phenoxy) is 8. The number of azide groups is 1. The molecular formula is C49H51N3O13. The van der Waals surface area contributed by atoms with Crippen LogP contribution in [0.1, 0.15) is 55.5 Å². The normalized spacial score (nSPS) is 22.2. The molecule has 8 atom stereocenters. The first-order valence-electron chi connectivity index (χ1n) is 20.7. The predicted molar refractivity (Wildman–Crippen MR) is 235 cm³/mol. The summed E-state index contributed by atoms with van der Waals surface area (Å²) < 4.78 is 45.4. The summed E-state index contributed by atoms with van der Waals surface area (Å²) in [5.74, 6) is -2.51. The third-order valence-corrected chi connectivity index (χ3v) is 10.4. The van der Waals surface area contributed by atoms with Crippen LogP contribution < -0.4 is 0 Å². The van der Waals surface area contributed by atoms with Crippen molar-refractivity contribution in [2.75, 3.05) is 20.3 Å². The number of methoxy groups -OCH3 is 1. The van der Waals surface area contributed by atoms with E-state index in [0.717, 1.165) is 11.1 Å². The Labute approximate surface area is 376 Å². The van der Waals surface area contributed by atoms with Gasteiger partial charge >= 0.3 is 23.9 Å². The van der Waals surface area contributed by atoms with Crippen molar-refractivity contribution in [2.24, 2.45) is 11.0 Å². The van der Waals surface area contributed by atoms with Crippen molar-refractivity contribution in [1.82, 2.24) is 0 Å². The van der Waals surface area contributed by atoms with Crippen LogP contribution in [0.15, 0.2) is 157 Å². The molecule has 2 N–H and O–H groups in total. The fourth-order valence-corrected chi connectivity index (χ4v) is 7.07. The van der Waals surface area contributed by atoms with E-state index in [1.54, 1.807) is 91.0 Å². The lowest BCUT2D eigenvalue weighted by Crippen LogP contribution is -2.53. The van der Waals surface area contributed by atoms with Crippen LogP contribution in [0.3, 0.4) is 0 Å². The molecule has 0 spiro atoms. The molecule has 0 aromatic heterocycles. The van der Waals surface area contributed by atoms with Gasteiger partial charge in [-0.15, -0.1) is 0 Å². The summed E-state index contributed by atoms with van der Waals surface area (Å²) in [5.41, 5.74) is 12.2. The van der Waals surface area contributed by atoms with Gasteiger partial charge in [0.2, 0.25) is 6.29 Å². The second-order valence-electron chi connectivity index (χ2n) is 14.8. The number of carbonyl (C=O) groups is 4. The highest BCUT2D eigenvalue weighted by Gasteiger charge is 2.45.